The maximum absolute atomic E-state index is 10.9. The number of aromatic nitrogens is 1. The molecule has 70 valence electrons. The summed E-state index contributed by atoms with van der Waals surface area (Å²) in [5, 5.41) is 0. The van der Waals surface area contributed by atoms with Gasteiger partial charge in [0.1, 0.15) is 4.49 Å². The molecule has 0 amide bonds. The second-order valence-electron chi connectivity index (χ2n) is 2.45. The van der Waals surface area contributed by atoms with Crippen LogP contribution in [0.4, 0.5) is 5.69 Å². The topological polar surface area (TPSA) is 48.0 Å². The van der Waals surface area contributed by atoms with Crippen LogP contribution in [0.5, 0.6) is 0 Å². The maximum atomic E-state index is 10.9. The Morgan fingerprint density at radius 2 is 2.31 bits per heavy atom. The molecular formula is C8H8Cl2N2O. The summed E-state index contributed by atoms with van der Waals surface area (Å²) in [5.41, 5.74) is 5.43. The van der Waals surface area contributed by atoms with Gasteiger partial charge in [0.25, 0.3) is 0 Å². The Morgan fingerprint density at radius 1 is 1.62 bits per heavy atom. The molecule has 13 heavy (non-hydrogen) atoms. The molecule has 0 saturated heterocycles. The Hall–Kier alpha value is -0.930. The summed E-state index contributed by atoms with van der Waals surface area (Å²) in [6, 6.07) is 1.39. The molecule has 0 bridgehead atoms. The van der Waals surface area contributed by atoms with Crippen LogP contribution in [0.25, 0.3) is 0 Å². The summed E-state index contributed by atoms with van der Waals surface area (Å²) >= 11 is 10.8. The molecule has 0 aromatic carbocycles. The van der Waals surface area contributed by atoms with Crippen molar-refractivity contribution in [3.63, 3.8) is 0 Å². The third-order valence-corrected chi connectivity index (χ3v) is 1.77. The van der Waals surface area contributed by atoms with Crippen LogP contribution in [0, 0.1) is 0 Å². The van der Waals surface area contributed by atoms with Crippen molar-refractivity contribution in [1.29, 1.82) is 0 Å². The van der Waals surface area contributed by atoms with Crippen molar-refractivity contribution in [1.82, 2.24) is 4.57 Å². The zero-order chi connectivity index (χ0) is 9.84. The number of nitrogen functional groups attached to an aromatic ring is 1. The van der Waals surface area contributed by atoms with Gasteiger partial charge in [-0.05, 0) is 6.08 Å². The summed E-state index contributed by atoms with van der Waals surface area (Å²) in [6.45, 7) is 0.493. The predicted octanol–water partition coefficient (Wildman–Crippen LogP) is 1.75. The first-order valence-corrected chi connectivity index (χ1v) is 4.32. The van der Waals surface area contributed by atoms with Gasteiger partial charge in [0.05, 0.1) is 5.69 Å². The molecule has 1 aromatic rings. The van der Waals surface area contributed by atoms with Crippen molar-refractivity contribution >= 4 is 28.9 Å². The molecular weight excluding hydrogens is 211 g/mol. The monoisotopic (exact) mass is 218 g/mol. The normalized spacial score (nSPS) is 9.69. The molecule has 0 fully saturated rings. The number of nitrogens with zero attached hydrogens (tertiary/aromatic N) is 1. The summed E-state index contributed by atoms with van der Waals surface area (Å²) in [5.74, 6) is 0. The number of rotatable bonds is 2. The highest BCUT2D eigenvalue weighted by Gasteiger charge is 1.93. The average molecular weight is 219 g/mol. The van der Waals surface area contributed by atoms with E-state index in [2.05, 4.69) is 0 Å². The second kappa shape index (κ2) is 4.35. The molecule has 0 saturated carbocycles. The predicted molar refractivity (Wildman–Crippen MR) is 54.9 cm³/mol. The average Bonchev–Trinajstić information content (AvgIpc) is 2.07. The summed E-state index contributed by atoms with van der Waals surface area (Å²) in [7, 11) is 0. The van der Waals surface area contributed by atoms with Crippen molar-refractivity contribution < 1.29 is 0 Å². The second-order valence-corrected chi connectivity index (χ2v) is 3.46. The fourth-order valence-corrected chi connectivity index (χ4v) is 0.971. The standard InChI is InChI=1S/C8H8Cl2N2O/c9-8(10)2-4-12-3-1-7(13)6(11)5-12/h1-3,5H,4,11H2. The molecule has 3 nitrogen and oxygen atoms in total. The molecule has 0 spiro atoms. The van der Waals surface area contributed by atoms with Crippen LogP contribution in [0.1, 0.15) is 0 Å². The first kappa shape index (κ1) is 10.2. The smallest absolute Gasteiger partial charge is 0.204 e. The van der Waals surface area contributed by atoms with E-state index in [9.17, 15) is 4.79 Å². The minimum atomic E-state index is -0.183. The van der Waals surface area contributed by atoms with E-state index in [4.69, 9.17) is 28.9 Å². The summed E-state index contributed by atoms with van der Waals surface area (Å²) in [4.78, 5) is 10.9. The first-order valence-electron chi connectivity index (χ1n) is 3.56. The number of nitrogens with two attached hydrogens (primary N) is 1. The van der Waals surface area contributed by atoms with E-state index in [0.717, 1.165) is 0 Å². The Labute approximate surface area is 85.4 Å². The third-order valence-electron chi connectivity index (χ3n) is 1.46. The number of pyridine rings is 1. The minimum absolute atomic E-state index is 0.183. The lowest BCUT2D eigenvalue weighted by Crippen LogP contribution is -2.10. The Kier molecular flexibility index (Phi) is 3.39. The quantitative estimate of drug-likeness (QED) is 0.823. The highest BCUT2D eigenvalue weighted by molar-refractivity contribution is 6.55. The van der Waals surface area contributed by atoms with Crippen LogP contribution in [0.2, 0.25) is 0 Å². The molecule has 0 aliphatic heterocycles. The van der Waals surface area contributed by atoms with Crippen LogP contribution in [-0.4, -0.2) is 4.57 Å². The van der Waals surface area contributed by atoms with E-state index in [1.165, 1.54) is 12.3 Å². The molecule has 5 heteroatoms. The van der Waals surface area contributed by atoms with Gasteiger partial charge in [-0.15, -0.1) is 0 Å². The lowest BCUT2D eigenvalue weighted by molar-refractivity contribution is 0.813. The van der Waals surface area contributed by atoms with E-state index < -0.39 is 0 Å². The highest BCUT2D eigenvalue weighted by atomic mass is 35.5. The maximum Gasteiger partial charge on any atom is 0.204 e. The SMILES string of the molecule is Nc1cn(CC=C(Cl)Cl)ccc1=O. The largest absolute Gasteiger partial charge is 0.394 e. The first-order chi connectivity index (χ1) is 6.09. The van der Waals surface area contributed by atoms with Crippen LogP contribution < -0.4 is 11.2 Å². The molecule has 0 aliphatic rings. The number of anilines is 1. The van der Waals surface area contributed by atoms with Crippen LogP contribution in [0.15, 0.2) is 33.8 Å². The number of halogens is 2. The van der Waals surface area contributed by atoms with Crippen LogP contribution >= 0.6 is 23.2 Å². The highest BCUT2D eigenvalue weighted by Crippen LogP contribution is 2.06. The molecule has 1 heterocycles. The van der Waals surface area contributed by atoms with Gasteiger partial charge >= 0.3 is 0 Å². The van der Waals surface area contributed by atoms with E-state index in [0.29, 0.717) is 6.54 Å². The van der Waals surface area contributed by atoms with E-state index in [1.807, 2.05) is 0 Å². The van der Waals surface area contributed by atoms with Crippen LogP contribution in [-0.2, 0) is 6.54 Å². The van der Waals surface area contributed by atoms with Crippen molar-refractivity contribution in [2.75, 3.05) is 5.73 Å². The zero-order valence-electron chi connectivity index (χ0n) is 6.71. The van der Waals surface area contributed by atoms with Gasteiger partial charge in [0.2, 0.25) is 5.43 Å². The van der Waals surface area contributed by atoms with Crippen molar-refractivity contribution in [3.05, 3.63) is 39.3 Å². The van der Waals surface area contributed by atoms with E-state index in [-0.39, 0.29) is 15.6 Å². The number of hydrogen-bond donors (Lipinski definition) is 1. The van der Waals surface area contributed by atoms with Gasteiger partial charge in [0, 0.05) is 25.0 Å². The molecule has 0 unspecified atom stereocenters. The van der Waals surface area contributed by atoms with E-state index in [1.54, 1.807) is 16.8 Å². The lowest BCUT2D eigenvalue weighted by atomic mass is 10.4. The van der Waals surface area contributed by atoms with Crippen molar-refractivity contribution in [2.24, 2.45) is 0 Å². The molecule has 1 rings (SSSR count). The lowest BCUT2D eigenvalue weighted by Gasteiger charge is -2.02. The van der Waals surface area contributed by atoms with Gasteiger partial charge < -0.3 is 10.3 Å². The van der Waals surface area contributed by atoms with E-state index >= 15 is 0 Å². The Bertz CT molecular complexity index is 380. The van der Waals surface area contributed by atoms with Gasteiger partial charge in [-0.2, -0.15) is 0 Å². The van der Waals surface area contributed by atoms with Crippen molar-refractivity contribution in [2.45, 2.75) is 6.54 Å². The Morgan fingerprint density at radius 3 is 2.85 bits per heavy atom. The Balaban J connectivity index is 2.86. The van der Waals surface area contributed by atoms with Gasteiger partial charge in [0.15, 0.2) is 0 Å². The van der Waals surface area contributed by atoms with Crippen LogP contribution in [0.3, 0.4) is 0 Å². The summed E-state index contributed by atoms with van der Waals surface area (Å²) in [6.07, 6.45) is 4.76. The van der Waals surface area contributed by atoms with Crippen molar-refractivity contribution in [3.8, 4) is 0 Å². The molecule has 1 aromatic heterocycles. The number of allylic oxidation sites excluding steroid dienone is 1. The molecule has 0 atom stereocenters. The molecule has 2 N–H and O–H groups in total. The fourth-order valence-electron chi connectivity index (χ4n) is 0.833. The van der Waals surface area contributed by atoms with Gasteiger partial charge in [-0.3, -0.25) is 4.79 Å². The minimum Gasteiger partial charge on any atom is -0.394 e. The fraction of sp³-hybridized carbons (Fsp3) is 0.125. The third kappa shape index (κ3) is 3.13. The zero-order valence-corrected chi connectivity index (χ0v) is 8.22. The molecule has 0 radical (unpaired) electrons. The van der Waals surface area contributed by atoms with Gasteiger partial charge in [-0.1, -0.05) is 23.2 Å². The number of hydrogen-bond acceptors (Lipinski definition) is 2. The summed E-state index contributed by atoms with van der Waals surface area (Å²) < 4.78 is 1.90. The van der Waals surface area contributed by atoms with Gasteiger partial charge in [-0.25, -0.2) is 0 Å². The molecule has 0 aliphatic carbocycles.